The normalized spacial score (nSPS) is 13.9. The minimum atomic E-state index is -7.51. The van der Waals surface area contributed by atoms with Gasteiger partial charge in [0.1, 0.15) is 0 Å². The summed E-state index contributed by atoms with van der Waals surface area (Å²) in [7, 11) is 0. The van der Waals surface area contributed by atoms with Gasteiger partial charge in [-0.1, -0.05) is 6.58 Å². The number of halogens is 11. The van der Waals surface area contributed by atoms with E-state index in [4.69, 9.17) is 0 Å². The van der Waals surface area contributed by atoms with Crippen molar-refractivity contribution < 1.29 is 57.8 Å². The molecule has 0 amide bonds. The van der Waals surface area contributed by atoms with Crippen molar-refractivity contribution in [3.05, 3.63) is 12.2 Å². The molecule has 0 aromatic heterocycles. The monoisotopic (exact) mass is 502 g/mol. The van der Waals surface area contributed by atoms with E-state index in [2.05, 4.69) is 11.3 Å². The molecule has 0 aliphatic carbocycles. The van der Waals surface area contributed by atoms with E-state index in [9.17, 15) is 53.1 Å². The topological polar surface area (TPSA) is 26.3 Å². The zero-order valence-electron chi connectivity index (χ0n) is 12.1. The zero-order valence-corrected chi connectivity index (χ0v) is 14.9. The van der Waals surface area contributed by atoms with Crippen LogP contribution in [0.25, 0.3) is 0 Å². The molecule has 0 rings (SSSR count). The molecule has 0 aromatic rings. The van der Waals surface area contributed by atoms with Gasteiger partial charge in [-0.2, -0.15) is 43.9 Å². The summed E-state index contributed by atoms with van der Waals surface area (Å²) >= 11 is 0. The molecule has 0 saturated carbocycles. The smallest absolute Gasteiger partial charge is 0.438 e. The van der Waals surface area contributed by atoms with Crippen LogP contribution in [0.5, 0.6) is 0 Å². The molecule has 0 N–H and O–H groups in total. The van der Waals surface area contributed by atoms with Gasteiger partial charge in [-0.3, -0.25) is 0 Å². The molecule has 0 saturated heterocycles. The van der Waals surface area contributed by atoms with E-state index in [1.54, 1.807) is 0 Å². The van der Waals surface area contributed by atoms with Gasteiger partial charge >= 0.3 is 35.8 Å². The maximum atomic E-state index is 13.2. The Bertz CT molecular complexity index is 481. The van der Waals surface area contributed by atoms with Crippen LogP contribution in [0.2, 0.25) is 0 Å². The van der Waals surface area contributed by atoms with Crippen molar-refractivity contribution in [2.24, 2.45) is 0 Å². The quantitative estimate of drug-likeness (QED) is 0.236. The minimum Gasteiger partial charge on any atom is -0.462 e. The Morgan fingerprint density at radius 3 is 1.52 bits per heavy atom. The summed E-state index contributed by atoms with van der Waals surface area (Å²) < 4.78 is 143. The van der Waals surface area contributed by atoms with Crippen molar-refractivity contribution in [3.8, 4) is 0 Å². The summed E-state index contributed by atoms with van der Waals surface area (Å²) in [5, 5.41) is 0. The molecule has 0 heterocycles. The van der Waals surface area contributed by atoms with Gasteiger partial charge < -0.3 is 4.74 Å². The third kappa shape index (κ3) is 4.90. The molecule has 25 heavy (non-hydrogen) atoms. The van der Waals surface area contributed by atoms with Crippen molar-refractivity contribution in [3.63, 3.8) is 0 Å². The molecule has 0 aromatic carbocycles. The molecule has 0 unspecified atom stereocenters. The average molecular weight is 501 g/mol. The summed E-state index contributed by atoms with van der Waals surface area (Å²) in [4.78, 5) is 10.8. The maximum absolute atomic E-state index is 13.2. The molecule has 0 aliphatic heterocycles. The number of hydrogen-bond acceptors (Lipinski definition) is 2. The van der Waals surface area contributed by atoms with Crippen molar-refractivity contribution in [2.45, 2.75) is 43.2 Å². The van der Waals surface area contributed by atoms with Crippen molar-refractivity contribution in [1.29, 1.82) is 0 Å². The Kier molecular flexibility index (Phi) is 8.32. The second kappa shape index (κ2) is 7.86. The third-order valence-electron chi connectivity index (χ3n) is 2.67. The van der Waals surface area contributed by atoms with Crippen LogP contribution in [-0.4, -0.2) is 66.4 Å². The first-order valence-electron chi connectivity index (χ1n) is 5.73. The van der Waals surface area contributed by atoms with Gasteiger partial charge in [-0.05, 0) is 6.92 Å². The summed E-state index contributed by atoms with van der Waals surface area (Å²) in [6.07, 6.45) is -17.3. The predicted octanol–water partition coefficient (Wildman–Crippen LogP) is 4.22. The third-order valence-corrected chi connectivity index (χ3v) is 2.67. The molecule has 0 aliphatic rings. The van der Waals surface area contributed by atoms with Crippen LogP contribution in [0.3, 0.4) is 0 Å². The van der Waals surface area contributed by atoms with Gasteiger partial charge in [-0.15, -0.1) is 0 Å². The molecule has 14 heteroatoms. The number of carbonyl (C=O) groups is 1. The van der Waals surface area contributed by atoms with Crippen LogP contribution in [0.1, 0.15) is 13.3 Å². The molecular formula is C11H9F11O2Sn. The Hall–Kier alpha value is -0.761. The molecule has 0 spiro atoms. The van der Waals surface area contributed by atoms with Crippen molar-refractivity contribution in [1.82, 2.24) is 0 Å². The predicted molar refractivity (Wildman–Crippen MR) is 62.0 cm³/mol. The van der Waals surface area contributed by atoms with Gasteiger partial charge in [0.25, 0.3) is 0 Å². The van der Waals surface area contributed by atoms with Crippen LogP contribution in [0.4, 0.5) is 48.3 Å². The molecule has 0 fully saturated rings. The number of ether oxygens (including phenoxy) is 1. The molecule has 2 nitrogen and oxygen atoms in total. The van der Waals surface area contributed by atoms with E-state index in [0.717, 1.165) is 6.92 Å². The summed E-state index contributed by atoms with van der Waals surface area (Å²) in [6.45, 7) is 2.26. The number of alkyl halides is 11. The summed E-state index contributed by atoms with van der Waals surface area (Å²) in [6, 6.07) is 0. The van der Waals surface area contributed by atoms with Crippen LogP contribution in [0.15, 0.2) is 12.2 Å². The standard InChI is InChI=1S/C11H9F11O2.Sn/c1-5(2)6(23)24-4-3-7(12,13)9(15,16)8(14,10(17,18)19)11(20,21)22;/h1,3-4H2,2H3;. The van der Waals surface area contributed by atoms with E-state index in [1.165, 1.54) is 0 Å². The molecule has 0 bridgehead atoms. The van der Waals surface area contributed by atoms with Gasteiger partial charge in [-0.25, -0.2) is 9.18 Å². The molecular weight excluding hydrogens is 492 g/mol. The van der Waals surface area contributed by atoms with Gasteiger partial charge in [0.05, 0.1) is 13.0 Å². The zero-order chi connectivity index (χ0) is 19.8. The number of esters is 1. The Morgan fingerprint density at radius 1 is 0.880 bits per heavy atom. The number of hydrogen-bond donors (Lipinski definition) is 0. The SMILES string of the molecule is C=C(C)C(=O)OCCC(F)(F)C(F)(F)C(F)(C(F)(F)F)C(F)(F)F.[Sn]. The average Bonchev–Trinajstić information content (AvgIpc) is 2.33. The summed E-state index contributed by atoms with van der Waals surface area (Å²) in [5.41, 5.74) is -7.91. The Labute approximate surface area is 150 Å². The first-order chi connectivity index (χ1) is 10.3. The minimum absolute atomic E-state index is 0. The summed E-state index contributed by atoms with van der Waals surface area (Å²) in [5.74, 6) is -14.8. The Morgan fingerprint density at radius 2 is 1.24 bits per heavy atom. The fraction of sp³-hybridized carbons (Fsp3) is 0.727. The van der Waals surface area contributed by atoms with Crippen LogP contribution in [-0.2, 0) is 9.53 Å². The van der Waals surface area contributed by atoms with E-state index >= 15 is 0 Å². The van der Waals surface area contributed by atoms with Gasteiger partial charge in [0.2, 0.25) is 0 Å². The van der Waals surface area contributed by atoms with E-state index in [1.807, 2.05) is 0 Å². The number of rotatable bonds is 6. The van der Waals surface area contributed by atoms with Gasteiger partial charge in [0.15, 0.2) is 0 Å². The first kappa shape index (κ1) is 26.5. The van der Waals surface area contributed by atoms with E-state index in [-0.39, 0.29) is 23.9 Å². The van der Waals surface area contributed by atoms with E-state index in [0.29, 0.717) is 0 Å². The van der Waals surface area contributed by atoms with Gasteiger partial charge in [0, 0.05) is 29.5 Å². The van der Waals surface area contributed by atoms with Crippen molar-refractivity contribution in [2.75, 3.05) is 6.61 Å². The van der Waals surface area contributed by atoms with Crippen LogP contribution >= 0.6 is 0 Å². The fourth-order valence-corrected chi connectivity index (χ4v) is 1.32. The van der Waals surface area contributed by atoms with Crippen LogP contribution < -0.4 is 0 Å². The van der Waals surface area contributed by atoms with Crippen LogP contribution in [0, 0.1) is 0 Å². The molecule has 146 valence electrons. The van der Waals surface area contributed by atoms with Crippen molar-refractivity contribution >= 4 is 29.9 Å². The molecule has 4 radical (unpaired) electrons. The molecule has 0 atom stereocenters. The first-order valence-corrected chi connectivity index (χ1v) is 5.73. The Balaban J connectivity index is 0. The maximum Gasteiger partial charge on any atom is 0.438 e. The fourth-order valence-electron chi connectivity index (χ4n) is 1.32. The number of carbonyl (C=O) groups excluding carboxylic acids is 1. The second-order valence-electron chi connectivity index (χ2n) is 4.60. The second-order valence-corrected chi connectivity index (χ2v) is 4.60. The van der Waals surface area contributed by atoms with E-state index < -0.39 is 54.4 Å². The largest absolute Gasteiger partial charge is 0.462 e.